The molecule has 0 nitrogen and oxygen atoms in total. The number of hydrogen-bond donors (Lipinski definition) is 0. The molecule has 166 valence electrons. The summed E-state index contributed by atoms with van der Waals surface area (Å²) in [7, 11) is 0. The van der Waals surface area contributed by atoms with E-state index in [9.17, 15) is 0 Å². The van der Waals surface area contributed by atoms with E-state index in [1.54, 1.807) is 22.3 Å². The number of fused-ring (bicyclic) bond motifs is 1. The monoisotopic (exact) mass is 422 g/mol. The number of aryl methyl sites for hydroxylation is 1. The average Bonchev–Trinajstić information content (AvgIpc) is 3.23. The number of benzene rings is 3. The largest absolute Gasteiger partial charge is 0.0835 e. The lowest BCUT2D eigenvalue weighted by atomic mass is 9.60. The van der Waals surface area contributed by atoms with Crippen LogP contribution in [0.25, 0.3) is 16.3 Å². The Labute approximate surface area is 194 Å². The molecule has 0 bridgehead atoms. The van der Waals surface area contributed by atoms with Crippen LogP contribution in [0.15, 0.2) is 60.7 Å². The maximum Gasteiger partial charge on any atom is -0.000645 e. The van der Waals surface area contributed by atoms with Gasteiger partial charge >= 0.3 is 0 Å². The molecule has 4 atom stereocenters. The van der Waals surface area contributed by atoms with Crippen LogP contribution in [-0.4, -0.2) is 0 Å². The molecule has 0 heteroatoms. The molecule has 0 fully saturated rings. The fourth-order valence-corrected chi connectivity index (χ4v) is 7.34. The van der Waals surface area contributed by atoms with Crippen LogP contribution in [0.2, 0.25) is 0 Å². The minimum Gasteiger partial charge on any atom is -0.0835 e. The first-order chi connectivity index (χ1) is 15.1. The quantitative estimate of drug-likeness (QED) is 0.366. The van der Waals surface area contributed by atoms with E-state index in [2.05, 4.69) is 116 Å². The Kier molecular flexibility index (Phi) is 4.76. The van der Waals surface area contributed by atoms with Crippen LogP contribution >= 0.6 is 0 Å². The smallest absolute Gasteiger partial charge is 0.000645 e. The topological polar surface area (TPSA) is 0 Å². The van der Waals surface area contributed by atoms with Gasteiger partial charge in [-0.15, -0.1) is 0 Å². The van der Waals surface area contributed by atoms with Gasteiger partial charge in [0.15, 0.2) is 0 Å². The normalized spacial score (nSPS) is 26.2. The molecule has 32 heavy (non-hydrogen) atoms. The highest BCUT2D eigenvalue weighted by Gasteiger charge is 2.53. The lowest BCUT2D eigenvalue weighted by Crippen LogP contribution is -2.32. The van der Waals surface area contributed by atoms with Gasteiger partial charge in [-0.05, 0) is 92.5 Å². The standard InChI is InChI=1S/C32H38/c1-9-21-25-19(2)13-10-16-22(25)27(29(21)31(3,4)5)28-23-17-11-14-20-15-12-18-24(26(20)23)30(28)32(6,7)8/h9-18,27-30H,1-8H3/b21-9+. The van der Waals surface area contributed by atoms with Crippen molar-refractivity contribution in [2.24, 2.45) is 16.7 Å². The van der Waals surface area contributed by atoms with Gasteiger partial charge in [0.1, 0.15) is 0 Å². The van der Waals surface area contributed by atoms with Gasteiger partial charge < -0.3 is 0 Å². The van der Waals surface area contributed by atoms with Crippen LogP contribution < -0.4 is 0 Å². The molecule has 0 aliphatic heterocycles. The molecule has 0 saturated carbocycles. The van der Waals surface area contributed by atoms with E-state index in [0.717, 1.165) is 0 Å². The summed E-state index contributed by atoms with van der Waals surface area (Å²) in [5.74, 6) is 1.97. The molecular weight excluding hydrogens is 384 g/mol. The molecule has 4 unspecified atom stereocenters. The lowest BCUT2D eigenvalue weighted by molar-refractivity contribution is 0.200. The van der Waals surface area contributed by atoms with Crippen molar-refractivity contribution in [2.45, 2.75) is 73.1 Å². The van der Waals surface area contributed by atoms with Gasteiger partial charge in [-0.1, -0.05) is 102 Å². The molecule has 0 radical (unpaired) electrons. The predicted molar refractivity (Wildman–Crippen MR) is 139 cm³/mol. The van der Waals surface area contributed by atoms with Gasteiger partial charge in [0.05, 0.1) is 0 Å². The summed E-state index contributed by atoms with van der Waals surface area (Å²) in [6.45, 7) is 19.2. The van der Waals surface area contributed by atoms with Gasteiger partial charge in [0.25, 0.3) is 0 Å². The summed E-state index contributed by atoms with van der Waals surface area (Å²) in [6, 6.07) is 21.0. The fraction of sp³-hybridized carbons (Fsp3) is 0.438. The maximum atomic E-state index is 2.45. The average molecular weight is 423 g/mol. The number of hydrogen-bond acceptors (Lipinski definition) is 0. The first-order valence-electron chi connectivity index (χ1n) is 12.3. The minimum absolute atomic E-state index is 0.184. The van der Waals surface area contributed by atoms with E-state index in [-0.39, 0.29) is 10.8 Å². The molecule has 3 aromatic carbocycles. The van der Waals surface area contributed by atoms with E-state index in [4.69, 9.17) is 0 Å². The van der Waals surface area contributed by atoms with E-state index < -0.39 is 0 Å². The highest BCUT2D eigenvalue weighted by Crippen LogP contribution is 2.66. The predicted octanol–water partition coefficient (Wildman–Crippen LogP) is 9.24. The third-order valence-corrected chi connectivity index (χ3v) is 8.23. The second kappa shape index (κ2) is 7.08. The first kappa shape index (κ1) is 21.5. The molecular formula is C32H38. The summed E-state index contributed by atoms with van der Waals surface area (Å²) in [5, 5.41) is 2.92. The van der Waals surface area contributed by atoms with Gasteiger partial charge in [-0.25, -0.2) is 0 Å². The zero-order chi connectivity index (χ0) is 23.0. The van der Waals surface area contributed by atoms with Crippen LogP contribution in [0.5, 0.6) is 0 Å². The second-order valence-corrected chi connectivity index (χ2v) is 12.3. The van der Waals surface area contributed by atoms with Crippen molar-refractivity contribution in [3.05, 3.63) is 88.5 Å². The third kappa shape index (κ3) is 2.95. The third-order valence-electron chi connectivity index (χ3n) is 8.23. The highest BCUT2D eigenvalue weighted by molar-refractivity contribution is 5.93. The zero-order valence-electron chi connectivity index (χ0n) is 21.1. The zero-order valence-corrected chi connectivity index (χ0v) is 21.1. The maximum absolute atomic E-state index is 2.45. The van der Waals surface area contributed by atoms with Crippen molar-refractivity contribution in [1.29, 1.82) is 0 Å². The SMILES string of the molecule is C/C=C1\c2c(C)cccc2C(C2c3cccc4cccc(c34)C2C(C)(C)C)C1C(C)(C)C. The molecule has 2 aliphatic rings. The van der Waals surface area contributed by atoms with Gasteiger partial charge in [-0.2, -0.15) is 0 Å². The number of allylic oxidation sites excluding steroid dienone is 2. The van der Waals surface area contributed by atoms with Crippen molar-refractivity contribution >= 4 is 16.3 Å². The van der Waals surface area contributed by atoms with Crippen LogP contribution in [0.3, 0.4) is 0 Å². The van der Waals surface area contributed by atoms with E-state index >= 15 is 0 Å². The van der Waals surface area contributed by atoms with Gasteiger partial charge in [0.2, 0.25) is 0 Å². The summed E-state index contributed by atoms with van der Waals surface area (Å²) in [5.41, 5.74) is 9.58. The fourth-order valence-electron chi connectivity index (χ4n) is 7.34. The van der Waals surface area contributed by atoms with Crippen LogP contribution in [0.1, 0.15) is 94.0 Å². The summed E-state index contributed by atoms with van der Waals surface area (Å²) < 4.78 is 0. The van der Waals surface area contributed by atoms with Gasteiger partial charge in [0, 0.05) is 0 Å². The summed E-state index contributed by atoms with van der Waals surface area (Å²) in [6.07, 6.45) is 2.41. The molecule has 0 heterocycles. The molecule has 3 aromatic rings. The Morgan fingerprint density at radius 1 is 0.656 bits per heavy atom. The Hall–Kier alpha value is -2.34. The summed E-state index contributed by atoms with van der Waals surface area (Å²) >= 11 is 0. The Morgan fingerprint density at radius 2 is 1.19 bits per heavy atom. The van der Waals surface area contributed by atoms with E-state index in [1.807, 2.05) is 0 Å². The van der Waals surface area contributed by atoms with E-state index in [0.29, 0.717) is 23.7 Å². The molecule has 2 aliphatic carbocycles. The van der Waals surface area contributed by atoms with Gasteiger partial charge in [-0.3, -0.25) is 0 Å². The van der Waals surface area contributed by atoms with Crippen molar-refractivity contribution in [3.8, 4) is 0 Å². The van der Waals surface area contributed by atoms with Crippen LogP contribution in [-0.2, 0) is 0 Å². The Balaban J connectivity index is 1.85. The Bertz CT molecular complexity index is 1220. The van der Waals surface area contributed by atoms with Crippen LogP contribution in [0.4, 0.5) is 0 Å². The molecule has 0 saturated heterocycles. The van der Waals surface area contributed by atoms with E-state index in [1.165, 1.54) is 21.9 Å². The highest BCUT2D eigenvalue weighted by atomic mass is 14.6. The summed E-state index contributed by atoms with van der Waals surface area (Å²) in [4.78, 5) is 0. The number of rotatable bonds is 1. The minimum atomic E-state index is 0.184. The molecule has 0 aromatic heterocycles. The Morgan fingerprint density at radius 3 is 1.78 bits per heavy atom. The molecule has 5 rings (SSSR count). The second-order valence-electron chi connectivity index (χ2n) is 12.3. The van der Waals surface area contributed by atoms with Crippen LogP contribution in [0, 0.1) is 23.7 Å². The van der Waals surface area contributed by atoms with Crippen molar-refractivity contribution in [1.82, 2.24) is 0 Å². The first-order valence-corrected chi connectivity index (χ1v) is 12.3. The van der Waals surface area contributed by atoms with Crippen molar-refractivity contribution in [3.63, 3.8) is 0 Å². The molecule has 0 spiro atoms. The molecule has 0 amide bonds. The van der Waals surface area contributed by atoms with Crippen molar-refractivity contribution in [2.75, 3.05) is 0 Å². The molecule has 0 N–H and O–H groups in total. The lowest BCUT2D eigenvalue weighted by Gasteiger charge is -2.43. The van der Waals surface area contributed by atoms with Crippen molar-refractivity contribution < 1.29 is 0 Å².